The number of nitrogens with zero attached hydrogens (tertiary/aromatic N) is 4. The molecule has 20 heavy (non-hydrogen) atoms. The maximum atomic E-state index is 5.85. The average Bonchev–Trinajstić information content (AvgIpc) is 3.09. The van der Waals surface area contributed by atoms with E-state index in [1.165, 1.54) is 0 Å². The minimum atomic E-state index is 0.363. The third-order valence-corrected chi connectivity index (χ3v) is 3.03. The van der Waals surface area contributed by atoms with E-state index in [-0.39, 0.29) is 0 Å². The van der Waals surface area contributed by atoms with Gasteiger partial charge in [0.05, 0.1) is 18.1 Å². The molecule has 1 aromatic carbocycles. The van der Waals surface area contributed by atoms with Crippen LogP contribution in [0.1, 0.15) is 11.6 Å². The quantitative estimate of drug-likeness (QED) is 0.795. The standard InChI is InChI=1S/C13H12ClN5O/c14-10-3-1-9(2-4-10)12-6-16-13(20-12)8-19-7-11(5-15)17-18-19/h1-4,6-7H,5,8,15H2. The van der Waals surface area contributed by atoms with Crippen LogP contribution in [0.2, 0.25) is 5.02 Å². The van der Waals surface area contributed by atoms with Crippen LogP contribution >= 0.6 is 11.6 Å². The molecule has 0 atom stereocenters. The van der Waals surface area contributed by atoms with Crippen molar-refractivity contribution in [1.82, 2.24) is 20.0 Å². The number of hydrogen-bond acceptors (Lipinski definition) is 5. The fourth-order valence-corrected chi connectivity index (χ4v) is 1.90. The second-order valence-corrected chi connectivity index (χ2v) is 4.67. The first-order valence-electron chi connectivity index (χ1n) is 6.04. The Kier molecular flexibility index (Phi) is 3.49. The van der Waals surface area contributed by atoms with Gasteiger partial charge in [0.15, 0.2) is 5.76 Å². The Labute approximate surface area is 120 Å². The minimum absolute atomic E-state index is 0.363. The summed E-state index contributed by atoms with van der Waals surface area (Å²) in [4.78, 5) is 4.23. The van der Waals surface area contributed by atoms with Gasteiger partial charge in [0, 0.05) is 17.1 Å². The van der Waals surface area contributed by atoms with Gasteiger partial charge >= 0.3 is 0 Å². The van der Waals surface area contributed by atoms with Crippen molar-refractivity contribution < 1.29 is 4.42 Å². The highest BCUT2D eigenvalue weighted by Crippen LogP contribution is 2.22. The van der Waals surface area contributed by atoms with Crippen molar-refractivity contribution in [2.45, 2.75) is 13.1 Å². The van der Waals surface area contributed by atoms with Crippen molar-refractivity contribution in [1.29, 1.82) is 0 Å². The smallest absolute Gasteiger partial charge is 0.216 e. The predicted molar refractivity (Wildman–Crippen MR) is 74.0 cm³/mol. The number of oxazole rings is 1. The number of halogens is 1. The zero-order chi connectivity index (χ0) is 13.9. The second-order valence-electron chi connectivity index (χ2n) is 4.24. The third kappa shape index (κ3) is 2.71. The highest BCUT2D eigenvalue weighted by Gasteiger charge is 2.08. The van der Waals surface area contributed by atoms with Gasteiger partial charge in [-0.2, -0.15) is 0 Å². The molecule has 3 rings (SSSR count). The molecule has 102 valence electrons. The van der Waals surface area contributed by atoms with Crippen LogP contribution in [0, 0.1) is 0 Å². The maximum Gasteiger partial charge on any atom is 0.216 e. The largest absolute Gasteiger partial charge is 0.439 e. The van der Waals surface area contributed by atoms with Crippen LogP contribution in [0.4, 0.5) is 0 Å². The maximum absolute atomic E-state index is 5.85. The van der Waals surface area contributed by atoms with E-state index in [1.54, 1.807) is 17.1 Å². The Morgan fingerprint density at radius 2 is 2.05 bits per heavy atom. The van der Waals surface area contributed by atoms with Gasteiger partial charge < -0.3 is 10.2 Å². The van der Waals surface area contributed by atoms with E-state index in [9.17, 15) is 0 Å². The Hall–Kier alpha value is -2.18. The van der Waals surface area contributed by atoms with Crippen LogP contribution in [-0.4, -0.2) is 20.0 Å². The molecule has 0 unspecified atom stereocenters. The summed E-state index contributed by atoms with van der Waals surface area (Å²) in [6.07, 6.45) is 3.45. The summed E-state index contributed by atoms with van der Waals surface area (Å²) in [6, 6.07) is 7.39. The van der Waals surface area contributed by atoms with Crippen molar-refractivity contribution in [3.63, 3.8) is 0 Å². The molecular formula is C13H12ClN5O. The van der Waals surface area contributed by atoms with E-state index >= 15 is 0 Å². The second kappa shape index (κ2) is 5.44. The van der Waals surface area contributed by atoms with Crippen molar-refractivity contribution >= 4 is 11.6 Å². The highest BCUT2D eigenvalue weighted by molar-refractivity contribution is 6.30. The first kappa shape index (κ1) is 12.8. The fourth-order valence-electron chi connectivity index (χ4n) is 1.78. The summed E-state index contributed by atoms with van der Waals surface area (Å²) in [5.74, 6) is 1.25. The zero-order valence-electron chi connectivity index (χ0n) is 10.5. The number of rotatable bonds is 4. The highest BCUT2D eigenvalue weighted by atomic mass is 35.5. The molecule has 2 heterocycles. The molecule has 0 spiro atoms. The van der Waals surface area contributed by atoms with Gasteiger partial charge in [-0.25, -0.2) is 9.67 Å². The minimum Gasteiger partial charge on any atom is -0.439 e. The van der Waals surface area contributed by atoms with Crippen LogP contribution in [0.15, 0.2) is 41.1 Å². The lowest BCUT2D eigenvalue weighted by molar-refractivity contribution is 0.469. The number of aromatic nitrogens is 4. The van der Waals surface area contributed by atoms with Gasteiger partial charge in [0.2, 0.25) is 5.89 Å². The lowest BCUT2D eigenvalue weighted by atomic mass is 10.2. The van der Waals surface area contributed by atoms with Gasteiger partial charge in [-0.15, -0.1) is 5.10 Å². The molecule has 0 saturated heterocycles. The van der Waals surface area contributed by atoms with Gasteiger partial charge in [0.1, 0.15) is 6.54 Å². The SMILES string of the molecule is NCc1cn(Cc2ncc(-c3ccc(Cl)cc3)o2)nn1. The van der Waals surface area contributed by atoms with Crippen molar-refractivity contribution in [3.05, 3.63) is 53.3 Å². The molecule has 2 aromatic heterocycles. The molecule has 0 aliphatic rings. The van der Waals surface area contributed by atoms with Crippen molar-refractivity contribution in [2.24, 2.45) is 5.73 Å². The van der Waals surface area contributed by atoms with Gasteiger partial charge in [-0.05, 0) is 24.3 Å². The molecule has 0 fully saturated rings. The molecule has 0 aliphatic carbocycles. The number of benzene rings is 1. The first-order valence-corrected chi connectivity index (χ1v) is 6.42. The summed E-state index contributed by atoms with van der Waals surface area (Å²) in [6.45, 7) is 0.780. The Morgan fingerprint density at radius 3 is 2.75 bits per heavy atom. The van der Waals surface area contributed by atoms with E-state index in [4.69, 9.17) is 21.8 Å². The monoisotopic (exact) mass is 289 g/mol. The summed E-state index contributed by atoms with van der Waals surface area (Å²) >= 11 is 5.85. The Morgan fingerprint density at radius 1 is 1.25 bits per heavy atom. The summed E-state index contributed by atoms with van der Waals surface area (Å²) in [5.41, 5.74) is 7.14. The molecule has 7 heteroatoms. The molecule has 6 nitrogen and oxygen atoms in total. The van der Waals surface area contributed by atoms with Gasteiger partial charge in [-0.1, -0.05) is 16.8 Å². The van der Waals surface area contributed by atoms with E-state index < -0.39 is 0 Å². The van der Waals surface area contributed by atoms with E-state index in [2.05, 4.69) is 15.3 Å². The predicted octanol–water partition coefficient (Wildman–Crippen LogP) is 2.09. The molecule has 3 aromatic rings. The topological polar surface area (TPSA) is 82.8 Å². The van der Waals surface area contributed by atoms with E-state index in [0.717, 1.165) is 11.3 Å². The van der Waals surface area contributed by atoms with Crippen molar-refractivity contribution in [3.8, 4) is 11.3 Å². The number of hydrogen-bond donors (Lipinski definition) is 1. The fraction of sp³-hybridized carbons (Fsp3) is 0.154. The third-order valence-electron chi connectivity index (χ3n) is 2.77. The van der Waals surface area contributed by atoms with Crippen LogP contribution in [-0.2, 0) is 13.1 Å². The molecule has 0 aliphatic heterocycles. The zero-order valence-corrected chi connectivity index (χ0v) is 11.3. The molecule has 0 saturated carbocycles. The Bertz CT molecular complexity index is 704. The van der Waals surface area contributed by atoms with E-state index in [1.807, 2.05) is 24.3 Å². The van der Waals surface area contributed by atoms with Crippen LogP contribution in [0.25, 0.3) is 11.3 Å². The molecule has 2 N–H and O–H groups in total. The number of nitrogens with two attached hydrogens (primary N) is 1. The lowest BCUT2D eigenvalue weighted by Crippen LogP contribution is -2.00. The average molecular weight is 290 g/mol. The molecule has 0 amide bonds. The van der Waals surface area contributed by atoms with Gasteiger partial charge in [-0.3, -0.25) is 0 Å². The normalized spacial score (nSPS) is 10.9. The summed E-state index contributed by atoms with van der Waals surface area (Å²) in [5, 5.41) is 8.54. The molecular weight excluding hydrogens is 278 g/mol. The lowest BCUT2D eigenvalue weighted by Gasteiger charge is -1.97. The Balaban J connectivity index is 1.78. The molecule has 0 radical (unpaired) electrons. The van der Waals surface area contributed by atoms with Crippen LogP contribution in [0.3, 0.4) is 0 Å². The van der Waals surface area contributed by atoms with Crippen LogP contribution < -0.4 is 5.73 Å². The summed E-state index contributed by atoms with van der Waals surface area (Å²) < 4.78 is 7.32. The van der Waals surface area contributed by atoms with Gasteiger partial charge in [0.25, 0.3) is 0 Å². The molecule has 0 bridgehead atoms. The van der Waals surface area contributed by atoms with Crippen molar-refractivity contribution in [2.75, 3.05) is 0 Å². The summed E-state index contributed by atoms with van der Waals surface area (Å²) in [7, 11) is 0. The van der Waals surface area contributed by atoms with E-state index in [0.29, 0.717) is 29.8 Å². The van der Waals surface area contributed by atoms with Crippen LogP contribution in [0.5, 0.6) is 0 Å². The first-order chi connectivity index (χ1) is 9.74.